The quantitative estimate of drug-likeness (QED) is 0.446. The topological polar surface area (TPSA) is 98.5 Å². The van der Waals surface area contributed by atoms with Gasteiger partial charge in [0, 0.05) is 5.02 Å². The fourth-order valence-electron chi connectivity index (χ4n) is 2.12. The van der Waals surface area contributed by atoms with Gasteiger partial charge in [0.1, 0.15) is 5.69 Å². The van der Waals surface area contributed by atoms with E-state index < -0.39 is 10.7 Å². The lowest BCUT2D eigenvalue weighted by molar-refractivity contribution is -0.391. The Morgan fingerprint density at radius 1 is 1.17 bits per heavy atom. The molecule has 1 aromatic heterocycles. The molecule has 8 nitrogen and oxygen atoms in total. The number of benzene rings is 2. The first-order chi connectivity index (χ1) is 11.6. The lowest BCUT2D eigenvalue weighted by Crippen LogP contribution is -2.22. The van der Waals surface area contributed by atoms with E-state index in [9.17, 15) is 15.3 Å². The fraction of sp³-hybridized carbons (Fsp3) is 0.0667. The molecule has 0 atom stereocenters. The Morgan fingerprint density at radius 2 is 1.83 bits per heavy atom. The number of aromatic nitrogens is 3. The summed E-state index contributed by atoms with van der Waals surface area (Å²) in [4.78, 5) is 16.2. The maximum Gasteiger partial charge on any atom is 0.438 e. The third-order valence-electron chi connectivity index (χ3n) is 3.28. The van der Waals surface area contributed by atoms with Crippen molar-refractivity contribution in [2.75, 3.05) is 0 Å². The first-order valence-electron chi connectivity index (χ1n) is 6.93. The number of nitrogens with zero attached hydrogens (tertiary/aromatic N) is 5. The summed E-state index contributed by atoms with van der Waals surface area (Å²) in [5, 5.41) is 25.8. The molecule has 3 rings (SSSR count). The van der Waals surface area contributed by atoms with E-state index in [-0.39, 0.29) is 12.0 Å². The second kappa shape index (κ2) is 6.55. The number of rotatable bonds is 4. The van der Waals surface area contributed by atoms with E-state index in [4.69, 9.17) is 11.6 Å². The predicted molar refractivity (Wildman–Crippen MR) is 86.1 cm³/mol. The third-order valence-corrected chi connectivity index (χ3v) is 3.64. The average molecular weight is 346 g/mol. The highest BCUT2D eigenvalue weighted by Crippen LogP contribution is 2.15. The largest absolute Gasteiger partial charge is 0.438 e. The number of nitro groups is 1. The minimum absolute atomic E-state index is 0.0710. The second-order valence-electron chi connectivity index (χ2n) is 4.83. The van der Waals surface area contributed by atoms with Crippen molar-refractivity contribution in [3.63, 3.8) is 0 Å². The van der Waals surface area contributed by atoms with Gasteiger partial charge < -0.3 is 15.3 Å². The number of para-hydroxylation sites is 1. The van der Waals surface area contributed by atoms with Crippen LogP contribution in [0.25, 0.3) is 5.69 Å². The monoisotopic (exact) mass is 345 g/mol. The summed E-state index contributed by atoms with van der Waals surface area (Å²) in [6.07, 6.45) is 0. The van der Waals surface area contributed by atoms with Crippen LogP contribution in [0.4, 0.5) is 5.82 Å². The molecule has 0 radical (unpaired) electrons. The van der Waals surface area contributed by atoms with Gasteiger partial charge in [0.05, 0.1) is 11.6 Å². The number of halogens is 1. The van der Waals surface area contributed by atoms with Crippen molar-refractivity contribution >= 4 is 17.4 Å². The zero-order chi connectivity index (χ0) is 17.1. The first kappa shape index (κ1) is 15.8. The maximum absolute atomic E-state index is 11.2. The molecule has 0 saturated carbocycles. The van der Waals surface area contributed by atoms with Crippen molar-refractivity contribution in [2.45, 2.75) is 6.54 Å². The van der Waals surface area contributed by atoms with Crippen molar-refractivity contribution < 1.29 is 10.1 Å². The number of hydrogen-bond acceptors (Lipinski definition) is 5. The van der Waals surface area contributed by atoms with E-state index in [1.807, 2.05) is 0 Å². The molecule has 0 saturated heterocycles. The predicted octanol–water partition coefficient (Wildman–Crippen LogP) is 2.57. The van der Waals surface area contributed by atoms with Crippen LogP contribution in [0.2, 0.25) is 5.02 Å². The molecule has 0 amide bonds. The molecule has 9 heteroatoms. The van der Waals surface area contributed by atoms with Gasteiger partial charge in [-0.2, -0.15) is 0 Å². The van der Waals surface area contributed by atoms with Crippen LogP contribution in [-0.2, 0) is 6.54 Å². The molecule has 0 bridgehead atoms. The van der Waals surface area contributed by atoms with Gasteiger partial charge >= 0.3 is 5.82 Å². The third kappa shape index (κ3) is 2.99. The normalized spacial score (nSPS) is 11.6. The van der Waals surface area contributed by atoms with Crippen molar-refractivity contribution in [3.05, 3.63) is 80.8 Å². The Hall–Kier alpha value is -3.13. The van der Waals surface area contributed by atoms with Gasteiger partial charge in [0.2, 0.25) is 0 Å². The Labute approximate surface area is 141 Å². The van der Waals surface area contributed by atoms with E-state index in [2.05, 4.69) is 10.1 Å². The van der Waals surface area contributed by atoms with Crippen molar-refractivity contribution in [1.82, 2.24) is 14.7 Å². The van der Waals surface area contributed by atoms with E-state index >= 15 is 0 Å². The molecule has 0 aliphatic rings. The molecule has 0 spiro atoms. The van der Waals surface area contributed by atoms with E-state index in [1.54, 1.807) is 54.6 Å². The Kier molecular flexibility index (Phi) is 4.30. The van der Waals surface area contributed by atoms with E-state index in [0.717, 1.165) is 4.80 Å². The Bertz CT molecular complexity index is 949. The summed E-state index contributed by atoms with van der Waals surface area (Å²) in [6.45, 7) is 0.0710. The summed E-state index contributed by atoms with van der Waals surface area (Å²) >= 11 is 6.05. The maximum atomic E-state index is 11.2. The SMILES string of the molecule is O=[N+]([O-])c1nn(-c2ccccc2)n(O)c1=NCc1ccccc1Cl. The zero-order valence-corrected chi connectivity index (χ0v) is 13.0. The van der Waals surface area contributed by atoms with Crippen LogP contribution in [-0.4, -0.2) is 24.9 Å². The number of hydrogen-bond donors (Lipinski definition) is 1. The standard InChI is InChI=1S/C15H12ClN5O3/c16-13-9-5-4-6-11(13)10-17-14-15(21(23)24)18-19(20(14)22)12-7-2-1-3-8-12/h1-9,22H,10H2. The molecule has 0 unspecified atom stereocenters. The molecular weight excluding hydrogens is 334 g/mol. The highest BCUT2D eigenvalue weighted by Gasteiger charge is 2.23. The molecule has 1 heterocycles. The lowest BCUT2D eigenvalue weighted by Gasteiger charge is -2.00. The minimum Gasteiger partial charge on any atom is -0.409 e. The van der Waals surface area contributed by atoms with Gasteiger partial charge in [-0.25, -0.2) is 0 Å². The summed E-state index contributed by atoms with van der Waals surface area (Å²) in [5.74, 6) is -0.548. The van der Waals surface area contributed by atoms with Crippen LogP contribution in [0.15, 0.2) is 59.6 Å². The van der Waals surface area contributed by atoms with Crippen LogP contribution in [0.1, 0.15) is 5.56 Å². The second-order valence-corrected chi connectivity index (χ2v) is 5.23. The minimum atomic E-state index is -0.697. The summed E-state index contributed by atoms with van der Waals surface area (Å²) in [5.41, 5.74) is 0.881. The van der Waals surface area contributed by atoms with Gasteiger partial charge in [0.25, 0.3) is 5.49 Å². The van der Waals surface area contributed by atoms with Crippen LogP contribution in [0.5, 0.6) is 0 Å². The van der Waals surface area contributed by atoms with Crippen LogP contribution in [0, 0.1) is 10.1 Å². The molecular formula is C15H12ClN5O3. The summed E-state index contributed by atoms with van der Waals surface area (Å²) < 4.78 is 0. The van der Waals surface area contributed by atoms with Crippen LogP contribution < -0.4 is 5.49 Å². The van der Waals surface area contributed by atoms with Gasteiger partial charge in [-0.15, -0.1) is 0 Å². The van der Waals surface area contributed by atoms with Crippen molar-refractivity contribution in [1.29, 1.82) is 0 Å². The molecule has 24 heavy (non-hydrogen) atoms. The molecule has 0 aliphatic heterocycles. The molecule has 2 aromatic carbocycles. The molecule has 0 fully saturated rings. The van der Waals surface area contributed by atoms with Gasteiger partial charge in [-0.05, 0) is 33.5 Å². The zero-order valence-electron chi connectivity index (χ0n) is 12.3. The van der Waals surface area contributed by atoms with E-state index in [0.29, 0.717) is 21.1 Å². The van der Waals surface area contributed by atoms with Crippen molar-refractivity contribution in [3.8, 4) is 5.69 Å². The van der Waals surface area contributed by atoms with Gasteiger partial charge in [0.15, 0.2) is 0 Å². The first-order valence-corrected chi connectivity index (χ1v) is 7.31. The lowest BCUT2D eigenvalue weighted by atomic mass is 10.2. The van der Waals surface area contributed by atoms with Crippen LogP contribution >= 0.6 is 11.6 Å². The smallest absolute Gasteiger partial charge is 0.409 e. The van der Waals surface area contributed by atoms with Crippen molar-refractivity contribution in [2.24, 2.45) is 4.99 Å². The highest BCUT2D eigenvalue weighted by molar-refractivity contribution is 6.31. The highest BCUT2D eigenvalue weighted by atomic mass is 35.5. The van der Waals surface area contributed by atoms with Crippen LogP contribution in [0.3, 0.4) is 0 Å². The summed E-state index contributed by atoms with van der Waals surface area (Å²) in [6, 6.07) is 15.5. The Morgan fingerprint density at radius 3 is 2.50 bits per heavy atom. The Balaban J connectivity index is 2.10. The molecule has 0 aliphatic carbocycles. The van der Waals surface area contributed by atoms with Gasteiger partial charge in [-0.1, -0.05) is 52.8 Å². The fourth-order valence-corrected chi connectivity index (χ4v) is 2.32. The van der Waals surface area contributed by atoms with E-state index in [1.165, 1.54) is 0 Å². The summed E-state index contributed by atoms with van der Waals surface area (Å²) in [7, 11) is 0. The molecule has 3 aromatic rings. The average Bonchev–Trinajstić information content (AvgIpc) is 2.92. The molecule has 122 valence electrons. The molecule has 1 N–H and O–H groups in total. The van der Waals surface area contributed by atoms with Gasteiger partial charge in [-0.3, -0.25) is 4.99 Å².